The van der Waals surface area contributed by atoms with Crippen LogP contribution in [0.15, 0.2) is 29.8 Å². The highest BCUT2D eigenvalue weighted by Gasteiger charge is 2.27. The Kier molecular flexibility index (Phi) is 3.53. The summed E-state index contributed by atoms with van der Waals surface area (Å²) in [6, 6.07) is 6.00. The van der Waals surface area contributed by atoms with E-state index in [0.29, 0.717) is 17.3 Å². The molecular formula is C17H17N3O2S. The predicted molar refractivity (Wildman–Crippen MR) is 90.1 cm³/mol. The maximum absolute atomic E-state index is 12.3. The van der Waals surface area contributed by atoms with Crippen molar-refractivity contribution in [1.29, 1.82) is 0 Å². The molecule has 2 aromatic heterocycles. The Morgan fingerprint density at radius 2 is 2.35 bits per heavy atom. The summed E-state index contributed by atoms with van der Waals surface area (Å²) in [4.78, 5) is 13.0. The Morgan fingerprint density at radius 1 is 1.48 bits per heavy atom. The third kappa shape index (κ3) is 2.70. The Labute approximate surface area is 137 Å². The van der Waals surface area contributed by atoms with Gasteiger partial charge in [0.1, 0.15) is 5.75 Å². The van der Waals surface area contributed by atoms with Gasteiger partial charge in [0, 0.05) is 23.4 Å². The number of nitrogens with one attached hydrogen (secondary N) is 2. The van der Waals surface area contributed by atoms with Gasteiger partial charge in [0.05, 0.1) is 23.7 Å². The number of thiophene rings is 1. The van der Waals surface area contributed by atoms with Gasteiger partial charge in [-0.3, -0.25) is 9.89 Å². The van der Waals surface area contributed by atoms with Crippen molar-refractivity contribution >= 4 is 28.1 Å². The van der Waals surface area contributed by atoms with Crippen molar-refractivity contribution in [1.82, 2.24) is 15.5 Å². The zero-order valence-corrected chi connectivity index (χ0v) is 13.6. The average molecular weight is 327 g/mol. The van der Waals surface area contributed by atoms with Crippen LogP contribution in [0.2, 0.25) is 0 Å². The van der Waals surface area contributed by atoms with E-state index in [4.69, 9.17) is 4.74 Å². The van der Waals surface area contributed by atoms with Gasteiger partial charge in [0.15, 0.2) is 0 Å². The summed E-state index contributed by atoms with van der Waals surface area (Å²) in [6.07, 6.45) is 4.30. The lowest BCUT2D eigenvalue weighted by molar-refractivity contribution is 0.0955. The number of carbonyl (C=O) groups excluding carboxylic acids is 1. The monoisotopic (exact) mass is 327 g/mol. The van der Waals surface area contributed by atoms with Crippen LogP contribution in [0.1, 0.15) is 39.6 Å². The molecule has 5 nitrogen and oxygen atoms in total. The van der Waals surface area contributed by atoms with Crippen LogP contribution in [-0.4, -0.2) is 23.2 Å². The molecule has 0 radical (unpaired) electrons. The Morgan fingerprint density at radius 3 is 3.09 bits per heavy atom. The molecule has 1 aliphatic rings. The third-order valence-corrected chi connectivity index (χ3v) is 5.16. The van der Waals surface area contributed by atoms with Gasteiger partial charge in [0.25, 0.3) is 5.91 Å². The van der Waals surface area contributed by atoms with Crippen molar-refractivity contribution in [2.45, 2.75) is 25.3 Å². The summed E-state index contributed by atoms with van der Waals surface area (Å²) in [5, 5.41) is 13.1. The number of hydrogen-bond acceptors (Lipinski definition) is 4. The zero-order valence-electron chi connectivity index (χ0n) is 12.8. The summed E-state index contributed by atoms with van der Waals surface area (Å²) in [6.45, 7) is 0.516. The fourth-order valence-corrected chi connectivity index (χ4v) is 3.64. The van der Waals surface area contributed by atoms with Crippen LogP contribution in [0.3, 0.4) is 0 Å². The zero-order chi connectivity index (χ0) is 15.8. The van der Waals surface area contributed by atoms with Crippen LogP contribution in [0.25, 0.3) is 10.9 Å². The molecule has 23 heavy (non-hydrogen) atoms. The number of amides is 1. The number of ether oxygens (including phenoxy) is 1. The lowest BCUT2D eigenvalue weighted by Crippen LogP contribution is -2.22. The van der Waals surface area contributed by atoms with Crippen molar-refractivity contribution in [3.8, 4) is 5.75 Å². The minimum Gasteiger partial charge on any atom is -0.496 e. The largest absolute Gasteiger partial charge is 0.496 e. The van der Waals surface area contributed by atoms with Crippen LogP contribution < -0.4 is 10.1 Å². The van der Waals surface area contributed by atoms with E-state index in [1.807, 2.05) is 11.6 Å². The van der Waals surface area contributed by atoms with E-state index in [1.165, 1.54) is 35.3 Å². The topological polar surface area (TPSA) is 67.0 Å². The summed E-state index contributed by atoms with van der Waals surface area (Å²) >= 11 is 1.39. The van der Waals surface area contributed by atoms with Gasteiger partial charge in [0.2, 0.25) is 0 Å². The quantitative estimate of drug-likeness (QED) is 0.754. The van der Waals surface area contributed by atoms with Crippen LogP contribution in [0.4, 0.5) is 0 Å². The summed E-state index contributed by atoms with van der Waals surface area (Å²) in [5.41, 5.74) is 3.52. The van der Waals surface area contributed by atoms with Crippen LogP contribution in [0.5, 0.6) is 5.75 Å². The molecule has 0 atom stereocenters. The summed E-state index contributed by atoms with van der Waals surface area (Å²) in [5.74, 6) is 1.28. The van der Waals surface area contributed by atoms with E-state index in [0.717, 1.165) is 16.7 Å². The molecular weight excluding hydrogens is 310 g/mol. The first-order valence-corrected chi connectivity index (χ1v) is 8.50. The number of methoxy groups -OCH3 is 1. The van der Waals surface area contributed by atoms with E-state index in [1.54, 1.807) is 13.2 Å². The number of rotatable bonds is 5. The number of carbonyl (C=O) groups is 1. The second-order valence-corrected chi connectivity index (χ2v) is 6.68. The van der Waals surface area contributed by atoms with E-state index in [2.05, 4.69) is 27.6 Å². The molecule has 1 saturated carbocycles. The Hall–Kier alpha value is -2.34. The van der Waals surface area contributed by atoms with Crippen LogP contribution in [-0.2, 0) is 6.54 Å². The summed E-state index contributed by atoms with van der Waals surface area (Å²) < 4.78 is 5.13. The molecule has 1 fully saturated rings. The molecule has 1 aromatic carbocycles. The number of fused-ring (bicyclic) bond motifs is 1. The molecule has 2 N–H and O–H groups in total. The Balaban J connectivity index is 1.58. The highest BCUT2D eigenvalue weighted by Crippen LogP contribution is 2.43. The molecule has 4 rings (SSSR count). The lowest BCUT2D eigenvalue weighted by atomic mass is 9.99. The highest BCUT2D eigenvalue weighted by atomic mass is 32.1. The molecule has 0 bridgehead atoms. The minimum atomic E-state index is -0.0689. The molecule has 3 aromatic rings. The molecule has 0 aliphatic heterocycles. The molecule has 1 aliphatic carbocycles. The van der Waals surface area contributed by atoms with E-state index in [9.17, 15) is 4.79 Å². The van der Waals surface area contributed by atoms with E-state index >= 15 is 0 Å². The molecule has 0 saturated heterocycles. The Bertz CT molecular complexity index is 864. The van der Waals surface area contributed by atoms with Crippen LogP contribution >= 0.6 is 11.3 Å². The SMILES string of the molecule is COc1csc(C(=O)NCc2c(C3CC3)ccc3[nH]ncc23)c1. The number of H-pyrrole nitrogens is 1. The highest BCUT2D eigenvalue weighted by molar-refractivity contribution is 7.12. The van der Waals surface area contributed by atoms with Crippen LogP contribution in [0, 0.1) is 0 Å². The normalized spacial score (nSPS) is 14.1. The molecule has 0 unspecified atom stereocenters. The molecule has 6 heteroatoms. The van der Waals surface area contributed by atoms with Crippen molar-refractivity contribution in [3.63, 3.8) is 0 Å². The van der Waals surface area contributed by atoms with Gasteiger partial charge >= 0.3 is 0 Å². The van der Waals surface area contributed by atoms with Crippen molar-refractivity contribution in [2.24, 2.45) is 0 Å². The van der Waals surface area contributed by atoms with E-state index in [-0.39, 0.29) is 5.91 Å². The second-order valence-electron chi connectivity index (χ2n) is 5.77. The molecule has 1 amide bonds. The predicted octanol–water partition coefficient (Wildman–Crippen LogP) is 3.44. The van der Waals surface area contributed by atoms with Gasteiger partial charge in [-0.25, -0.2) is 0 Å². The van der Waals surface area contributed by atoms with Gasteiger partial charge in [-0.1, -0.05) is 6.07 Å². The maximum Gasteiger partial charge on any atom is 0.261 e. The maximum atomic E-state index is 12.3. The summed E-state index contributed by atoms with van der Waals surface area (Å²) in [7, 11) is 1.60. The number of hydrogen-bond donors (Lipinski definition) is 2. The smallest absolute Gasteiger partial charge is 0.261 e. The van der Waals surface area contributed by atoms with Gasteiger partial charge in [-0.05, 0) is 36.0 Å². The first-order chi connectivity index (χ1) is 11.3. The van der Waals surface area contributed by atoms with Crippen molar-refractivity contribution in [3.05, 3.63) is 45.8 Å². The first kappa shape index (κ1) is 14.3. The molecule has 2 heterocycles. The standard InChI is InChI=1S/C17H17N3O2S/c1-22-11-6-16(23-9-11)17(21)18-7-13-12(10-2-3-10)4-5-15-14(13)8-19-20-15/h4-6,8-10H,2-3,7H2,1H3,(H,18,21)(H,19,20). The van der Waals surface area contributed by atoms with Gasteiger partial charge in [-0.2, -0.15) is 5.10 Å². The van der Waals surface area contributed by atoms with E-state index < -0.39 is 0 Å². The second kappa shape index (κ2) is 5.70. The van der Waals surface area contributed by atoms with Gasteiger partial charge < -0.3 is 10.1 Å². The minimum absolute atomic E-state index is 0.0689. The number of aromatic amines is 1. The molecule has 118 valence electrons. The fourth-order valence-electron chi connectivity index (χ4n) is 2.87. The van der Waals surface area contributed by atoms with Crippen molar-refractivity contribution in [2.75, 3.05) is 7.11 Å². The number of benzene rings is 1. The lowest BCUT2D eigenvalue weighted by Gasteiger charge is -2.11. The number of nitrogens with zero attached hydrogens (tertiary/aromatic N) is 1. The number of aromatic nitrogens is 2. The van der Waals surface area contributed by atoms with Gasteiger partial charge in [-0.15, -0.1) is 11.3 Å². The van der Waals surface area contributed by atoms with Crippen molar-refractivity contribution < 1.29 is 9.53 Å². The fraction of sp³-hybridized carbons (Fsp3) is 0.294. The first-order valence-electron chi connectivity index (χ1n) is 7.62. The molecule has 0 spiro atoms. The third-order valence-electron chi connectivity index (χ3n) is 4.25. The average Bonchev–Trinajstić information content (AvgIpc) is 3.11.